The third-order valence-electron chi connectivity index (χ3n) is 3.27. The van der Waals surface area contributed by atoms with Crippen LogP contribution in [0.15, 0.2) is 0 Å². The van der Waals surface area contributed by atoms with Gasteiger partial charge in [0, 0.05) is 12.6 Å². The molecule has 0 aromatic carbocycles. The molecular weight excluding hydrogens is 216 g/mol. The lowest BCUT2D eigenvalue weighted by molar-refractivity contribution is 0.130. The lowest BCUT2D eigenvalue weighted by Gasteiger charge is -2.32. The Labute approximate surface area is 104 Å². The topological polar surface area (TPSA) is 50.4 Å². The summed E-state index contributed by atoms with van der Waals surface area (Å²) in [6.07, 6.45) is 3.38. The molecule has 2 unspecified atom stereocenters. The van der Waals surface area contributed by atoms with Crippen molar-refractivity contribution in [2.24, 2.45) is 11.8 Å². The molecule has 0 aromatic rings. The number of rotatable bonds is 5. The number of amides is 1. The molecule has 0 saturated carbocycles. The van der Waals surface area contributed by atoms with E-state index in [4.69, 9.17) is 4.74 Å². The number of ether oxygens (including phenoxy) is 1. The molecule has 2 atom stereocenters. The van der Waals surface area contributed by atoms with Crippen LogP contribution in [0.1, 0.15) is 40.0 Å². The highest BCUT2D eigenvalue weighted by atomic mass is 16.5. The zero-order chi connectivity index (χ0) is 12.7. The normalized spacial score (nSPS) is 24.7. The summed E-state index contributed by atoms with van der Waals surface area (Å²) in [6.45, 7) is 8.49. The van der Waals surface area contributed by atoms with E-state index in [1.807, 2.05) is 13.8 Å². The first kappa shape index (κ1) is 14.3. The van der Waals surface area contributed by atoms with Gasteiger partial charge in [-0.25, -0.2) is 4.79 Å². The molecule has 17 heavy (non-hydrogen) atoms. The van der Waals surface area contributed by atoms with Crippen LogP contribution in [0.3, 0.4) is 0 Å². The Morgan fingerprint density at radius 2 is 2.29 bits per heavy atom. The van der Waals surface area contributed by atoms with Gasteiger partial charge in [-0.05, 0) is 31.2 Å². The summed E-state index contributed by atoms with van der Waals surface area (Å²) in [5.74, 6) is 1.06. The molecule has 1 heterocycles. The monoisotopic (exact) mass is 242 g/mol. The lowest BCUT2D eigenvalue weighted by Crippen LogP contribution is -2.48. The Kier molecular flexibility index (Phi) is 6.34. The Balaban J connectivity index is 2.21. The van der Waals surface area contributed by atoms with E-state index in [0.717, 1.165) is 6.54 Å². The molecule has 1 aliphatic rings. The molecule has 100 valence electrons. The van der Waals surface area contributed by atoms with Crippen LogP contribution in [0.5, 0.6) is 0 Å². The predicted octanol–water partition coefficient (Wildman–Crippen LogP) is 2.15. The SMILES string of the molecule is CCC1CCCNC1CNC(=O)OCC(C)C. The largest absolute Gasteiger partial charge is 0.449 e. The molecule has 1 rings (SSSR count). The van der Waals surface area contributed by atoms with Gasteiger partial charge in [-0.3, -0.25) is 0 Å². The molecule has 1 aliphatic heterocycles. The zero-order valence-corrected chi connectivity index (χ0v) is 11.3. The minimum Gasteiger partial charge on any atom is -0.449 e. The zero-order valence-electron chi connectivity index (χ0n) is 11.3. The second-order valence-corrected chi connectivity index (χ2v) is 5.24. The van der Waals surface area contributed by atoms with E-state index in [0.29, 0.717) is 31.0 Å². The molecule has 0 radical (unpaired) electrons. The average Bonchev–Trinajstić information content (AvgIpc) is 2.34. The maximum absolute atomic E-state index is 11.4. The smallest absolute Gasteiger partial charge is 0.407 e. The first-order valence-electron chi connectivity index (χ1n) is 6.77. The molecule has 1 amide bonds. The third-order valence-corrected chi connectivity index (χ3v) is 3.27. The van der Waals surface area contributed by atoms with E-state index >= 15 is 0 Å². The number of alkyl carbamates (subject to hydrolysis) is 1. The highest BCUT2D eigenvalue weighted by molar-refractivity contribution is 5.67. The summed E-state index contributed by atoms with van der Waals surface area (Å²) in [4.78, 5) is 11.4. The first-order valence-corrected chi connectivity index (χ1v) is 6.77. The van der Waals surface area contributed by atoms with E-state index in [1.165, 1.54) is 19.3 Å². The van der Waals surface area contributed by atoms with Gasteiger partial charge in [0.15, 0.2) is 0 Å². The number of piperidine rings is 1. The fourth-order valence-electron chi connectivity index (χ4n) is 2.23. The van der Waals surface area contributed by atoms with Crippen molar-refractivity contribution in [2.75, 3.05) is 19.7 Å². The fourth-order valence-corrected chi connectivity index (χ4v) is 2.23. The summed E-state index contributed by atoms with van der Waals surface area (Å²) < 4.78 is 5.09. The molecule has 0 aromatic heterocycles. The van der Waals surface area contributed by atoms with Crippen molar-refractivity contribution in [1.29, 1.82) is 0 Å². The van der Waals surface area contributed by atoms with Gasteiger partial charge in [0.25, 0.3) is 0 Å². The highest BCUT2D eigenvalue weighted by Crippen LogP contribution is 2.19. The Bertz CT molecular complexity index is 231. The van der Waals surface area contributed by atoms with Gasteiger partial charge >= 0.3 is 6.09 Å². The molecule has 4 nitrogen and oxygen atoms in total. The minimum atomic E-state index is -0.291. The number of nitrogens with one attached hydrogen (secondary N) is 2. The van der Waals surface area contributed by atoms with E-state index < -0.39 is 0 Å². The Hall–Kier alpha value is -0.770. The number of hydrogen-bond acceptors (Lipinski definition) is 3. The molecule has 0 bridgehead atoms. The Morgan fingerprint density at radius 1 is 1.53 bits per heavy atom. The summed E-state index contributed by atoms with van der Waals surface area (Å²) in [7, 11) is 0. The lowest BCUT2D eigenvalue weighted by atomic mass is 9.89. The van der Waals surface area contributed by atoms with Gasteiger partial charge in [0.05, 0.1) is 6.61 Å². The van der Waals surface area contributed by atoms with Crippen LogP contribution in [0, 0.1) is 11.8 Å². The van der Waals surface area contributed by atoms with Crippen LogP contribution in [0.2, 0.25) is 0 Å². The number of carbonyl (C=O) groups excluding carboxylic acids is 1. The van der Waals surface area contributed by atoms with Gasteiger partial charge in [-0.15, -0.1) is 0 Å². The van der Waals surface area contributed by atoms with Crippen molar-refractivity contribution in [3.05, 3.63) is 0 Å². The molecular formula is C13H26N2O2. The van der Waals surface area contributed by atoms with Crippen LogP contribution in [-0.2, 0) is 4.74 Å². The van der Waals surface area contributed by atoms with E-state index in [9.17, 15) is 4.79 Å². The maximum atomic E-state index is 11.4. The van der Waals surface area contributed by atoms with Crippen molar-refractivity contribution >= 4 is 6.09 Å². The summed E-state index contributed by atoms with van der Waals surface area (Å²) >= 11 is 0. The van der Waals surface area contributed by atoms with Gasteiger partial charge in [-0.1, -0.05) is 27.2 Å². The molecule has 1 saturated heterocycles. The molecule has 0 aliphatic carbocycles. The van der Waals surface area contributed by atoms with Crippen molar-refractivity contribution in [1.82, 2.24) is 10.6 Å². The van der Waals surface area contributed by atoms with E-state index in [1.54, 1.807) is 0 Å². The average molecular weight is 242 g/mol. The minimum absolute atomic E-state index is 0.291. The maximum Gasteiger partial charge on any atom is 0.407 e. The number of carbonyl (C=O) groups is 1. The van der Waals surface area contributed by atoms with Crippen molar-refractivity contribution in [3.8, 4) is 0 Å². The summed E-state index contributed by atoms with van der Waals surface area (Å²) in [5.41, 5.74) is 0. The molecule has 4 heteroatoms. The van der Waals surface area contributed by atoms with Gasteiger partial charge in [0.2, 0.25) is 0 Å². The first-order chi connectivity index (χ1) is 8.13. The van der Waals surface area contributed by atoms with E-state index in [-0.39, 0.29) is 6.09 Å². The second kappa shape index (κ2) is 7.54. The summed E-state index contributed by atoms with van der Waals surface area (Å²) in [5, 5.41) is 6.32. The van der Waals surface area contributed by atoms with Gasteiger partial charge < -0.3 is 15.4 Å². The van der Waals surface area contributed by atoms with Crippen molar-refractivity contribution < 1.29 is 9.53 Å². The molecule has 1 fully saturated rings. The Morgan fingerprint density at radius 3 is 2.94 bits per heavy atom. The highest BCUT2D eigenvalue weighted by Gasteiger charge is 2.23. The third kappa shape index (κ3) is 5.39. The number of hydrogen-bond donors (Lipinski definition) is 2. The van der Waals surface area contributed by atoms with Crippen LogP contribution >= 0.6 is 0 Å². The summed E-state index contributed by atoms with van der Waals surface area (Å²) in [6, 6.07) is 0.403. The van der Waals surface area contributed by atoms with Gasteiger partial charge in [-0.2, -0.15) is 0 Å². The van der Waals surface area contributed by atoms with Crippen molar-refractivity contribution in [2.45, 2.75) is 46.1 Å². The predicted molar refractivity (Wildman–Crippen MR) is 69.0 cm³/mol. The van der Waals surface area contributed by atoms with Crippen LogP contribution in [-0.4, -0.2) is 31.8 Å². The second-order valence-electron chi connectivity index (χ2n) is 5.24. The fraction of sp³-hybridized carbons (Fsp3) is 0.923. The van der Waals surface area contributed by atoms with Crippen LogP contribution in [0.25, 0.3) is 0 Å². The van der Waals surface area contributed by atoms with Crippen LogP contribution < -0.4 is 10.6 Å². The molecule has 2 N–H and O–H groups in total. The van der Waals surface area contributed by atoms with Crippen molar-refractivity contribution in [3.63, 3.8) is 0 Å². The van der Waals surface area contributed by atoms with Crippen LogP contribution in [0.4, 0.5) is 4.79 Å². The standard InChI is InChI=1S/C13H26N2O2/c1-4-11-6-5-7-14-12(11)8-15-13(16)17-9-10(2)3/h10-12,14H,4-9H2,1-3H3,(H,15,16). The quantitative estimate of drug-likeness (QED) is 0.776. The molecule has 0 spiro atoms. The van der Waals surface area contributed by atoms with E-state index in [2.05, 4.69) is 17.6 Å². The van der Waals surface area contributed by atoms with Gasteiger partial charge in [0.1, 0.15) is 0 Å².